The van der Waals surface area contributed by atoms with Gasteiger partial charge in [-0.1, -0.05) is 18.2 Å². The predicted molar refractivity (Wildman–Crippen MR) is 118 cm³/mol. The Bertz CT molecular complexity index is 1130. The van der Waals surface area contributed by atoms with Crippen molar-refractivity contribution in [3.63, 3.8) is 0 Å². The maximum Gasteiger partial charge on any atom is 0.254 e. The highest BCUT2D eigenvalue weighted by molar-refractivity contribution is 5.97. The molecule has 0 fully saturated rings. The summed E-state index contributed by atoms with van der Waals surface area (Å²) < 4.78 is 29.4. The van der Waals surface area contributed by atoms with Crippen LogP contribution in [0.1, 0.15) is 21.7 Å². The van der Waals surface area contributed by atoms with Crippen LogP contribution in [0.25, 0.3) is 0 Å². The molecule has 2 heterocycles. The fourth-order valence-corrected chi connectivity index (χ4v) is 3.48. The second-order valence-electron chi connectivity index (χ2n) is 7.50. The average Bonchev–Trinajstić information content (AvgIpc) is 3.50. The van der Waals surface area contributed by atoms with Gasteiger partial charge in [0, 0.05) is 18.7 Å². The summed E-state index contributed by atoms with van der Waals surface area (Å²) in [6, 6.07) is 14.3. The van der Waals surface area contributed by atoms with Gasteiger partial charge in [-0.05, 0) is 48.0 Å². The van der Waals surface area contributed by atoms with Crippen molar-refractivity contribution in [2.75, 3.05) is 19.9 Å². The molecule has 2 aromatic carbocycles. The van der Waals surface area contributed by atoms with E-state index in [0.29, 0.717) is 22.8 Å². The minimum atomic E-state index is -0.353. The lowest BCUT2D eigenvalue weighted by Gasteiger charge is -2.27. The molecule has 0 N–H and O–H groups in total. The third-order valence-corrected chi connectivity index (χ3v) is 5.15. The number of furan rings is 1. The van der Waals surface area contributed by atoms with E-state index in [4.69, 9.17) is 13.9 Å². The zero-order valence-corrected chi connectivity index (χ0v) is 17.9. The van der Waals surface area contributed by atoms with Crippen LogP contribution in [0.2, 0.25) is 0 Å². The number of amides is 2. The Balaban J connectivity index is 1.52. The van der Waals surface area contributed by atoms with Gasteiger partial charge in [0.05, 0.1) is 12.8 Å². The molecular formula is C25H23FN2O5. The van der Waals surface area contributed by atoms with Crippen LogP contribution in [0, 0.1) is 5.82 Å². The van der Waals surface area contributed by atoms with E-state index in [9.17, 15) is 14.0 Å². The Hall–Kier alpha value is -4.07. The van der Waals surface area contributed by atoms with Crippen LogP contribution in [0.4, 0.5) is 4.39 Å². The second-order valence-corrected chi connectivity index (χ2v) is 7.50. The van der Waals surface area contributed by atoms with Crippen LogP contribution in [0.15, 0.2) is 77.9 Å². The normalized spacial score (nSPS) is 11.8. The van der Waals surface area contributed by atoms with Gasteiger partial charge >= 0.3 is 0 Å². The summed E-state index contributed by atoms with van der Waals surface area (Å²) in [5.74, 6) is 0.688. The van der Waals surface area contributed by atoms with E-state index >= 15 is 0 Å². The Labute approximate surface area is 190 Å². The number of carbonyl (C=O) groups excluding carboxylic acids is 2. The highest BCUT2D eigenvalue weighted by atomic mass is 19.1. The Morgan fingerprint density at radius 2 is 1.79 bits per heavy atom. The van der Waals surface area contributed by atoms with Gasteiger partial charge in [0.15, 0.2) is 11.5 Å². The van der Waals surface area contributed by atoms with Crippen molar-refractivity contribution in [3.8, 4) is 11.5 Å². The first-order valence-electron chi connectivity index (χ1n) is 10.4. The SMILES string of the molecule is C=CCN(CC(=O)N(Cc1ccc(F)cc1)Cc1ccco1)C(=O)c1ccc2c(c1)OCO2. The van der Waals surface area contributed by atoms with E-state index in [2.05, 4.69) is 6.58 Å². The molecule has 1 aromatic heterocycles. The maximum atomic E-state index is 13.3. The summed E-state index contributed by atoms with van der Waals surface area (Å²) in [5, 5.41) is 0. The molecule has 33 heavy (non-hydrogen) atoms. The fourth-order valence-electron chi connectivity index (χ4n) is 3.48. The molecule has 8 heteroatoms. The Kier molecular flexibility index (Phi) is 6.73. The molecule has 0 unspecified atom stereocenters. The van der Waals surface area contributed by atoms with Gasteiger partial charge in [0.25, 0.3) is 5.91 Å². The summed E-state index contributed by atoms with van der Waals surface area (Å²) in [5.41, 5.74) is 1.14. The predicted octanol–water partition coefficient (Wildman–Crippen LogP) is 4.00. The van der Waals surface area contributed by atoms with Crippen molar-refractivity contribution in [2.24, 2.45) is 0 Å². The molecule has 0 radical (unpaired) electrons. The maximum absolute atomic E-state index is 13.3. The number of benzene rings is 2. The molecule has 0 saturated carbocycles. The molecule has 0 atom stereocenters. The molecule has 0 spiro atoms. The van der Waals surface area contributed by atoms with Crippen LogP contribution in [0.3, 0.4) is 0 Å². The van der Waals surface area contributed by atoms with Gasteiger partial charge < -0.3 is 23.7 Å². The lowest BCUT2D eigenvalue weighted by Crippen LogP contribution is -2.42. The topological polar surface area (TPSA) is 72.2 Å². The van der Waals surface area contributed by atoms with Crippen molar-refractivity contribution >= 4 is 11.8 Å². The van der Waals surface area contributed by atoms with Crippen LogP contribution in [-0.4, -0.2) is 41.5 Å². The molecular weight excluding hydrogens is 427 g/mol. The van der Waals surface area contributed by atoms with Crippen LogP contribution in [-0.2, 0) is 17.9 Å². The molecule has 0 saturated heterocycles. The quantitative estimate of drug-likeness (QED) is 0.461. The standard InChI is InChI=1S/C25H23FN2O5/c1-2-11-27(25(30)19-7-10-22-23(13-19)33-17-32-22)16-24(29)28(15-21-4-3-12-31-21)14-18-5-8-20(26)9-6-18/h2-10,12-13H,1,11,14-17H2. The van der Waals surface area contributed by atoms with E-state index in [1.165, 1.54) is 23.3 Å². The van der Waals surface area contributed by atoms with Crippen LogP contribution < -0.4 is 9.47 Å². The summed E-state index contributed by atoms with van der Waals surface area (Å²) in [6.07, 6.45) is 3.10. The molecule has 3 aromatic rings. The lowest BCUT2D eigenvalue weighted by molar-refractivity contribution is -0.133. The third-order valence-electron chi connectivity index (χ3n) is 5.15. The van der Waals surface area contributed by atoms with Gasteiger partial charge in [0.2, 0.25) is 12.7 Å². The number of fused-ring (bicyclic) bond motifs is 1. The zero-order valence-electron chi connectivity index (χ0n) is 17.9. The number of nitrogens with zero attached hydrogens (tertiary/aromatic N) is 2. The number of ether oxygens (including phenoxy) is 2. The molecule has 4 rings (SSSR count). The zero-order chi connectivity index (χ0) is 23.2. The van der Waals surface area contributed by atoms with Crippen LogP contribution in [0.5, 0.6) is 11.5 Å². The minimum Gasteiger partial charge on any atom is -0.467 e. The molecule has 2 amide bonds. The fraction of sp³-hybridized carbons (Fsp3) is 0.200. The van der Waals surface area contributed by atoms with Gasteiger partial charge in [-0.2, -0.15) is 0 Å². The second kappa shape index (κ2) is 10.0. The summed E-state index contributed by atoms with van der Waals surface area (Å²) in [4.78, 5) is 29.4. The van der Waals surface area contributed by atoms with Crippen molar-refractivity contribution < 1.29 is 27.9 Å². The largest absolute Gasteiger partial charge is 0.467 e. The number of hydrogen-bond acceptors (Lipinski definition) is 5. The molecule has 1 aliphatic heterocycles. The minimum absolute atomic E-state index is 0.104. The summed E-state index contributed by atoms with van der Waals surface area (Å²) >= 11 is 0. The average molecular weight is 450 g/mol. The smallest absolute Gasteiger partial charge is 0.254 e. The monoisotopic (exact) mass is 450 g/mol. The lowest BCUT2D eigenvalue weighted by atomic mass is 10.1. The molecule has 170 valence electrons. The first-order valence-corrected chi connectivity index (χ1v) is 10.4. The van der Waals surface area contributed by atoms with Gasteiger partial charge in [-0.3, -0.25) is 9.59 Å². The third kappa shape index (κ3) is 5.41. The number of rotatable bonds is 9. The first-order chi connectivity index (χ1) is 16.0. The first kappa shape index (κ1) is 22.1. The number of hydrogen-bond donors (Lipinski definition) is 0. The summed E-state index contributed by atoms with van der Waals surface area (Å²) in [6.45, 7) is 4.28. The summed E-state index contributed by atoms with van der Waals surface area (Å²) in [7, 11) is 0. The van der Waals surface area contributed by atoms with E-state index in [0.717, 1.165) is 5.56 Å². The molecule has 7 nitrogen and oxygen atoms in total. The molecule has 0 bridgehead atoms. The van der Waals surface area contributed by atoms with E-state index < -0.39 is 0 Å². The van der Waals surface area contributed by atoms with Gasteiger partial charge in [0.1, 0.15) is 18.1 Å². The highest BCUT2D eigenvalue weighted by Crippen LogP contribution is 2.32. The van der Waals surface area contributed by atoms with Crippen molar-refractivity contribution in [2.45, 2.75) is 13.1 Å². The number of halogens is 1. The van der Waals surface area contributed by atoms with Crippen molar-refractivity contribution in [3.05, 3.63) is 96.2 Å². The van der Waals surface area contributed by atoms with Crippen molar-refractivity contribution in [1.29, 1.82) is 0 Å². The Morgan fingerprint density at radius 1 is 1.00 bits per heavy atom. The molecule has 0 aliphatic carbocycles. The number of carbonyl (C=O) groups is 2. The van der Waals surface area contributed by atoms with E-state index in [1.54, 1.807) is 53.4 Å². The van der Waals surface area contributed by atoms with E-state index in [1.807, 2.05) is 0 Å². The van der Waals surface area contributed by atoms with Crippen LogP contribution >= 0.6 is 0 Å². The van der Waals surface area contributed by atoms with Crippen molar-refractivity contribution in [1.82, 2.24) is 9.80 Å². The highest BCUT2D eigenvalue weighted by Gasteiger charge is 2.24. The molecule has 1 aliphatic rings. The van der Waals surface area contributed by atoms with Gasteiger partial charge in [-0.15, -0.1) is 6.58 Å². The Morgan fingerprint density at radius 3 is 2.52 bits per heavy atom. The van der Waals surface area contributed by atoms with E-state index in [-0.39, 0.29) is 50.6 Å². The van der Waals surface area contributed by atoms with Gasteiger partial charge in [-0.25, -0.2) is 4.39 Å².